The van der Waals surface area contributed by atoms with Crippen molar-refractivity contribution in [2.45, 2.75) is 32.1 Å². The molecule has 3 amide bonds. The molecule has 0 radical (unpaired) electrons. The Morgan fingerprint density at radius 3 is 2.28 bits per heavy atom. The van der Waals surface area contributed by atoms with Crippen molar-refractivity contribution in [3.63, 3.8) is 0 Å². The number of imide groups is 1. The third-order valence-electron chi connectivity index (χ3n) is 7.65. The van der Waals surface area contributed by atoms with Crippen LogP contribution in [-0.4, -0.2) is 28.7 Å². The number of nitrogens with zero attached hydrogens (tertiary/aromatic N) is 2. The maximum Gasteiger partial charge on any atom is 0.416 e. The van der Waals surface area contributed by atoms with E-state index in [1.54, 1.807) is 23.2 Å². The molecule has 39 heavy (non-hydrogen) atoms. The van der Waals surface area contributed by atoms with Gasteiger partial charge in [-0.2, -0.15) is 13.2 Å². The Morgan fingerprint density at radius 2 is 1.56 bits per heavy atom. The van der Waals surface area contributed by atoms with Crippen LogP contribution in [0, 0.1) is 25.7 Å². The zero-order valence-corrected chi connectivity index (χ0v) is 21.1. The van der Waals surface area contributed by atoms with Gasteiger partial charge in [0.05, 0.1) is 29.1 Å². The number of fused-ring (bicyclic) bond motifs is 5. The van der Waals surface area contributed by atoms with Crippen LogP contribution >= 0.6 is 0 Å². The molecule has 4 atom stereocenters. The maximum atomic E-state index is 14.0. The van der Waals surface area contributed by atoms with Crippen LogP contribution in [0.4, 0.5) is 24.5 Å². The fraction of sp³-hybridized carbons (Fsp3) is 0.233. The van der Waals surface area contributed by atoms with Crippen molar-refractivity contribution in [1.29, 1.82) is 0 Å². The van der Waals surface area contributed by atoms with Gasteiger partial charge in [-0.05, 0) is 72.5 Å². The number of rotatable bonds is 3. The Bertz CT molecular complexity index is 1540. The molecule has 9 heteroatoms. The van der Waals surface area contributed by atoms with Crippen molar-refractivity contribution in [1.82, 2.24) is 4.90 Å². The monoisotopic (exact) mass is 531 g/mol. The van der Waals surface area contributed by atoms with Crippen LogP contribution in [0.3, 0.4) is 0 Å². The van der Waals surface area contributed by atoms with Crippen LogP contribution in [0.5, 0.6) is 0 Å². The summed E-state index contributed by atoms with van der Waals surface area (Å²) in [6, 6.07) is 15.6. The van der Waals surface area contributed by atoms with Crippen molar-refractivity contribution in [3.8, 4) is 0 Å². The van der Waals surface area contributed by atoms with Crippen LogP contribution in [0.25, 0.3) is 6.08 Å². The van der Waals surface area contributed by atoms with E-state index < -0.39 is 53.4 Å². The summed E-state index contributed by atoms with van der Waals surface area (Å²) in [5, 5.41) is 2.58. The molecule has 0 spiro atoms. The van der Waals surface area contributed by atoms with E-state index in [9.17, 15) is 27.6 Å². The Hall–Kier alpha value is -4.40. The normalized spacial score (nSPS) is 23.5. The van der Waals surface area contributed by atoms with Gasteiger partial charge in [-0.15, -0.1) is 0 Å². The lowest BCUT2D eigenvalue weighted by molar-refractivity contribution is -0.137. The van der Waals surface area contributed by atoms with Gasteiger partial charge in [0.2, 0.25) is 17.7 Å². The van der Waals surface area contributed by atoms with Crippen molar-refractivity contribution in [2.75, 3.05) is 10.2 Å². The first-order valence-corrected chi connectivity index (χ1v) is 12.5. The Labute approximate surface area is 222 Å². The zero-order valence-electron chi connectivity index (χ0n) is 21.1. The summed E-state index contributed by atoms with van der Waals surface area (Å²) < 4.78 is 39.8. The highest BCUT2D eigenvalue weighted by atomic mass is 19.4. The number of hydrogen-bond acceptors (Lipinski definition) is 4. The predicted octanol–water partition coefficient (Wildman–Crippen LogP) is 5.48. The molecule has 1 N–H and O–H groups in total. The fourth-order valence-electron chi connectivity index (χ4n) is 6.18. The minimum Gasteiger partial charge on any atom is -0.357 e. The average Bonchev–Trinajstić information content (AvgIpc) is 3.35. The maximum absolute atomic E-state index is 14.0. The van der Waals surface area contributed by atoms with Gasteiger partial charge in [-0.1, -0.05) is 36.4 Å². The Morgan fingerprint density at radius 1 is 0.872 bits per heavy atom. The van der Waals surface area contributed by atoms with Gasteiger partial charge in [0.25, 0.3) is 0 Å². The Balaban J connectivity index is 1.43. The topological polar surface area (TPSA) is 69.7 Å². The molecule has 3 aliphatic rings. The van der Waals surface area contributed by atoms with Gasteiger partial charge < -0.3 is 10.2 Å². The number of carbonyl (C=O) groups is 3. The first-order chi connectivity index (χ1) is 18.5. The van der Waals surface area contributed by atoms with Gasteiger partial charge in [-0.3, -0.25) is 14.4 Å². The second-order valence-electron chi connectivity index (χ2n) is 10.3. The quantitative estimate of drug-likeness (QED) is 0.455. The fourth-order valence-corrected chi connectivity index (χ4v) is 6.18. The minimum atomic E-state index is -4.58. The van der Waals surface area contributed by atoms with E-state index in [1.165, 1.54) is 12.1 Å². The van der Waals surface area contributed by atoms with E-state index in [1.807, 2.05) is 50.3 Å². The smallest absolute Gasteiger partial charge is 0.357 e. The molecule has 6 rings (SSSR count). The van der Waals surface area contributed by atoms with E-state index in [4.69, 9.17) is 0 Å². The molecule has 3 heterocycles. The lowest BCUT2D eigenvalue weighted by Crippen LogP contribution is -2.46. The summed E-state index contributed by atoms with van der Waals surface area (Å²) in [5.41, 5.74) is 2.96. The number of benzene rings is 3. The van der Waals surface area contributed by atoms with Gasteiger partial charge in [0.15, 0.2) is 0 Å². The first kappa shape index (κ1) is 24.9. The van der Waals surface area contributed by atoms with Crippen LogP contribution in [0.1, 0.15) is 33.9 Å². The summed E-state index contributed by atoms with van der Waals surface area (Å²) in [4.78, 5) is 44.5. The molecular formula is C30H24F3N3O3. The molecule has 4 unspecified atom stereocenters. The number of alkyl halides is 3. The van der Waals surface area contributed by atoms with Crippen molar-refractivity contribution >= 4 is 35.2 Å². The molecule has 3 aromatic carbocycles. The van der Waals surface area contributed by atoms with Gasteiger partial charge in [-0.25, -0.2) is 4.90 Å². The molecule has 0 aromatic heterocycles. The van der Waals surface area contributed by atoms with Crippen LogP contribution in [0.15, 0.2) is 72.9 Å². The lowest BCUT2D eigenvalue weighted by Gasteiger charge is -2.35. The number of nitrogens with one attached hydrogen (secondary N) is 1. The van der Waals surface area contributed by atoms with E-state index >= 15 is 0 Å². The number of hydrogen-bond donors (Lipinski definition) is 1. The molecule has 0 bridgehead atoms. The number of halogens is 3. The van der Waals surface area contributed by atoms with E-state index in [0.29, 0.717) is 5.69 Å². The highest BCUT2D eigenvalue weighted by Crippen LogP contribution is 2.53. The van der Waals surface area contributed by atoms with E-state index in [2.05, 4.69) is 5.32 Å². The molecule has 198 valence electrons. The summed E-state index contributed by atoms with van der Waals surface area (Å²) in [7, 11) is 0. The second kappa shape index (κ2) is 8.83. The van der Waals surface area contributed by atoms with E-state index in [-0.39, 0.29) is 5.69 Å². The van der Waals surface area contributed by atoms with Crippen LogP contribution in [-0.2, 0) is 20.6 Å². The second-order valence-corrected chi connectivity index (χ2v) is 10.3. The van der Waals surface area contributed by atoms with Crippen LogP contribution in [0.2, 0.25) is 0 Å². The third-order valence-corrected chi connectivity index (χ3v) is 7.65. The first-order valence-electron chi connectivity index (χ1n) is 12.5. The van der Waals surface area contributed by atoms with Crippen molar-refractivity contribution in [3.05, 3.63) is 101 Å². The molecule has 2 fully saturated rings. The number of carbonyl (C=O) groups excluding carboxylic acids is 3. The largest absolute Gasteiger partial charge is 0.416 e. The summed E-state index contributed by atoms with van der Waals surface area (Å²) in [6.07, 6.45) is -1.07. The molecular weight excluding hydrogens is 507 g/mol. The van der Waals surface area contributed by atoms with Crippen molar-refractivity contribution < 1.29 is 27.6 Å². The minimum absolute atomic E-state index is 0.0425. The third kappa shape index (κ3) is 4.00. The summed E-state index contributed by atoms with van der Waals surface area (Å²) in [6.45, 7) is 3.75. The lowest BCUT2D eigenvalue weighted by atomic mass is 9.84. The number of amides is 3. The zero-order chi connectivity index (χ0) is 27.6. The number of anilines is 2. The number of aryl methyl sites for hydroxylation is 2. The Kier molecular flexibility index (Phi) is 5.64. The SMILES string of the molecule is Cc1cc(C)cc(N2C(=O)C3C(C2=O)C2c4ccccc4C=CN2C3C(=O)Nc2cccc(C(F)(F)F)c2)c1. The molecule has 0 saturated carbocycles. The summed E-state index contributed by atoms with van der Waals surface area (Å²) >= 11 is 0. The van der Waals surface area contributed by atoms with Gasteiger partial charge >= 0.3 is 6.18 Å². The predicted molar refractivity (Wildman–Crippen MR) is 139 cm³/mol. The van der Waals surface area contributed by atoms with Gasteiger partial charge in [0, 0.05) is 11.9 Å². The molecule has 3 aromatic rings. The van der Waals surface area contributed by atoms with Crippen LogP contribution < -0.4 is 10.2 Å². The summed E-state index contributed by atoms with van der Waals surface area (Å²) in [5.74, 6) is -3.42. The highest BCUT2D eigenvalue weighted by molar-refractivity contribution is 6.24. The highest BCUT2D eigenvalue weighted by Gasteiger charge is 2.64. The van der Waals surface area contributed by atoms with E-state index in [0.717, 1.165) is 39.3 Å². The molecule has 0 aliphatic carbocycles. The average molecular weight is 532 g/mol. The standard InChI is InChI=1S/C30H24F3N3O3/c1-16-12-17(2)14-21(13-16)36-28(38)23-24(29(36)39)26(35-11-10-18-6-3-4-9-22(18)25(23)35)27(37)34-20-8-5-7-19(15-20)30(31,32)33/h3-15,23-26H,1-2H3,(H,34,37). The molecule has 3 aliphatic heterocycles. The van der Waals surface area contributed by atoms with Crippen molar-refractivity contribution in [2.24, 2.45) is 11.8 Å². The van der Waals surface area contributed by atoms with Gasteiger partial charge in [0.1, 0.15) is 6.04 Å². The molecule has 6 nitrogen and oxygen atoms in total. The molecule has 2 saturated heterocycles.